The van der Waals surface area contributed by atoms with E-state index in [4.69, 9.17) is 9.97 Å². The molecule has 32 heavy (non-hydrogen) atoms. The molecular weight excluding hydrogens is 396 g/mol. The van der Waals surface area contributed by atoms with Gasteiger partial charge in [0.1, 0.15) is 11.3 Å². The molecule has 0 aliphatic carbocycles. The molecule has 4 aromatic rings. The zero-order valence-corrected chi connectivity index (χ0v) is 19.2. The number of pyridine rings is 2. The monoisotopic (exact) mass is 426 g/mol. The van der Waals surface area contributed by atoms with Crippen molar-refractivity contribution in [2.75, 3.05) is 20.1 Å². The number of piperazine rings is 1. The van der Waals surface area contributed by atoms with E-state index in [9.17, 15) is 0 Å². The predicted molar refractivity (Wildman–Crippen MR) is 129 cm³/mol. The third kappa shape index (κ3) is 3.92. The Balaban J connectivity index is 1.42. The number of hydrogen-bond acceptors (Lipinski definition) is 5. The Morgan fingerprint density at radius 2 is 1.56 bits per heavy atom. The van der Waals surface area contributed by atoms with E-state index in [1.54, 1.807) is 12.4 Å². The van der Waals surface area contributed by atoms with E-state index in [0.717, 1.165) is 53.6 Å². The van der Waals surface area contributed by atoms with Crippen molar-refractivity contribution in [2.45, 2.75) is 39.4 Å². The van der Waals surface area contributed by atoms with E-state index >= 15 is 0 Å². The van der Waals surface area contributed by atoms with Gasteiger partial charge < -0.3 is 0 Å². The van der Waals surface area contributed by atoms with E-state index in [2.05, 4.69) is 64.5 Å². The van der Waals surface area contributed by atoms with Crippen LogP contribution in [0.25, 0.3) is 28.1 Å². The molecule has 0 amide bonds. The smallest absolute Gasteiger partial charge is 0.165 e. The summed E-state index contributed by atoms with van der Waals surface area (Å²) >= 11 is 0. The second-order valence-electron chi connectivity index (χ2n) is 8.99. The molecule has 4 heterocycles. The summed E-state index contributed by atoms with van der Waals surface area (Å²) in [6.45, 7) is 9.86. The van der Waals surface area contributed by atoms with Crippen LogP contribution in [-0.2, 0) is 6.54 Å². The summed E-state index contributed by atoms with van der Waals surface area (Å²) in [5, 5.41) is 0. The Hall–Kier alpha value is -3.09. The lowest BCUT2D eigenvalue weighted by Crippen LogP contribution is -2.54. The van der Waals surface area contributed by atoms with E-state index < -0.39 is 0 Å². The average molecular weight is 427 g/mol. The molecule has 0 N–H and O–H groups in total. The van der Waals surface area contributed by atoms with Crippen LogP contribution in [0.5, 0.6) is 0 Å². The highest BCUT2D eigenvalue weighted by Crippen LogP contribution is 2.25. The van der Waals surface area contributed by atoms with Gasteiger partial charge in [0.25, 0.3) is 0 Å². The van der Waals surface area contributed by atoms with Gasteiger partial charge in [0.15, 0.2) is 5.65 Å². The summed E-state index contributed by atoms with van der Waals surface area (Å²) in [6.07, 6.45) is 3.59. The van der Waals surface area contributed by atoms with E-state index in [1.807, 2.05) is 31.2 Å². The van der Waals surface area contributed by atoms with Crippen LogP contribution < -0.4 is 0 Å². The molecule has 6 nitrogen and oxygen atoms in total. The second-order valence-corrected chi connectivity index (χ2v) is 8.99. The number of imidazole rings is 1. The maximum Gasteiger partial charge on any atom is 0.165 e. The number of aromatic nitrogens is 4. The van der Waals surface area contributed by atoms with Crippen LogP contribution in [0.1, 0.15) is 25.2 Å². The first-order valence-corrected chi connectivity index (χ1v) is 11.3. The van der Waals surface area contributed by atoms with Crippen LogP contribution in [0, 0.1) is 6.92 Å². The van der Waals surface area contributed by atoms with Crippen molar-refractivity contribution in [3.63, 3.8) is 0 Å². The fourth-order valence-electron chi connectivity index (χ4n) is 4.71. The SMILES string of the molecule is Cc1nc2ccc(-c3ccncc3)nc2n1-c1ccc(CN2C[C@@H](C)N(C)[C@@H](C)C2)cc1. The lowest BCUT2D eigenvalue weighted by Gasteiger charge is -2.42. The van der Waals surface area contributed by atoms with Crippen LogP contribution in [0.15, 0.2) is 60.9 Å². The number of benzene rings is 1. The molecule has 0 saturated carbocycles. The van der Waals surface area contributed by atoms with Crippen molar-refractivity contribution < 1.29 is 0 Å². The van der Waals surface area contributed by atoms with Gasteiger partial charge in [-0.05, 0) is 69.8 Å². The minimum absolute atomic E-state index is 0.582. The van der Waals surface area contributed by atoms with E-state index in [-0.39, 0.29) is 0 Å². The topological polar surface area (TPSA) is 50.1 Å². The van der Waals surface area contributed by atoms with Crippen molar-refractivity contribution in [1.29, 1.82) is 0 Å². The number of likely N-dealkylation sites (N-methyl/N-ethyl adjacent to an activating group) is 1. The molecule has 0 radical (unpaired) electrons. The number of fused-ring (bicyclic) bond motifs is 1. The second kappa shape index (κ2) is 8.45. The van der Waals surface area contributed by atoms with Crippen molar-refractivity contribution >= 4 is 11.2 Å². The fourth-order valence-corrected chi connectivity index (χ4v) is 4.71. The standard InChI is InChI=1S/C26H30N6/c1-18-15-31(16-19(2)30(18)4)17-21-5-7-23(8-6-21)32-20(3)28-25-10-9-24(29-26(25)32)22-11-13-27-14-12-22/h5-14,18-19H,15-17H2,1-4H3/t18-,19+. The quantitative estimate of drug-likeness (QED) is 0.487. The van der Waals surface area contributed by atoms with Crippen molar-refractivity contribution in [3.05, 3.63) is 72.3 Å². The lowest BCUT2D eigenvalue weighted by molar-refractivity contribution is 0.0556. The molecule has 1 fully saturated rings. The van der Waals surface area contributed by atoms with Gasteiger partial charge in [-0.3, -0.25) is 19.4 Å². The Bertz CT molecular complexity index is 1200. The highest BCUT2D eigenvalue weighted by Gasteiger charge is 2.26. The van der Waals surface area contributed by atoms with Crippen LogP contribution >= 0.6 is 0 Å². The summed E-state index contributed by atoms with van der Waals surface area (Å²) in [5.74, 6) is 0.939. The minimum atomic E-state index is 0.582. The van der Waals surface area contributed by atoms with Crippen LogP contribution in [0.3, 0.4) is 0 Å². The highest BCUT2D eigenvalue weighted by molar-refractivity contribution is 5.78. The normalized spacial score (nSPS) is 20.1. The summed E-state index contributed by atoms with van der Waals surface area (Å²) in [7, 11) is 2.23. The lowest BCUT2D eigenvalue weighted by atomic mass is 10.1. The fraction of sp³-hybridized carbons (Fsp3) is 0.346. The van der Waals surface area contributed by atoms with Gasteiger partial charge in [-0.25, -0.2) is 9.97 Å². The summed E-state index contributed by atoms with van der Waals surface area (Å²) in [4.78, 5) is 18.8. The van der Waals surface area contributed by atoms with Gasteiger partial charge in [-0.15, -0.1) is 0 Å². The maximum atomic E-state index is 4.94. The number of aryl methyl sites for hydroxylation is 1. The first kappa shape index (κ1) is 20.8. The first-order chi connectivity index (χ1) is 15.5. The average Bonchev–Trinajstić information content (AvgIpc) is 3.13. The molecule has 2 atom stereocenters. The Labute approximate surface area is 189 Å². The van der Waals surface area contributed by atoms with Crippen molar-refractivity contribution in [1.82, 2.24) is 29.3 Å². The Morgan fingerprint density at radius 3 is 2.25 bits per heavy atom. The molecule has 0 bridgehead atoms. The molecule has 0 spiro atoms. The summed E-state index contributed by atoms with van der Waals surface area (Å²) in [6, 6.07) is 18.0. The molecule has 0 unspecified atom stereocenters. The molecule has 3 aromatic heterocycles. The van der Waals surface area contributed by atoms with Gasteiger partial charge >= 0.3 is 0 Å². The van der Waals surface area contributed by atoms with E-state index in [0.29, 0.717) is 12.1 Å². The summed E-state index contributed by atoms with van der Waals surface area (Å²) < 4.78 is 2.14. The predicted octanol–water partition coefficient (Wildman–Crippen LogP) is 4.32. The largest absolute Gasteiger partial charge is 0.298 e. The zero-order valence-electron chi connectivity index (χ0n) is 19.2. The van der Waals surface area contributed by atoms with Crippen LogP contribution in [-0.4, -0.2) is 61.5 Å². The third-order valence-electron chi connectivity index (χ3n) is 6.68. The molecule has 1 aliphatic rings. The van der Waals surface area contributed by atoms with Gasteiger partial charge in [0.2, 0.25) is 0 Å². The zero-order chi connectivity index (χ0) is 22.2. The molecule has 1 aliphatic heterocycles. The molecule has 1 aromatic carbocycles. The maximum absolute atomic E-state index is 4.94. The van der Waals surface area contributed by atoms with Crippen molar-refractivity contribution in [3.8, 4) is 16.9 Å². The number of nitrogens with zero attached hydrogens (tertiary/aromatic N) is 6. The van der Waals surface area contributed by atoms with E-state index in [1.165, 1.54) is 5.56 Å². The number of rotatable bonds is 4. The Kier molecular flexibility index (Phi) is 5.49. The Morgan fingerprint density at radius 1 is 0.875 bits per heavy atom. The van der Waals surface area contributed by atoms with Gasteiger partial charge in [0.05, 0.1) is 5.69 Å². The van der Waals surface area contributed by atoms with Crippen LogP contribution in [0.2, 0.25) is 0 Å². The summed E-state index contributed by atoms with van der Waals surface area (Å²) in [5.41, 5.74) is 6.20. The van der Waals surface area contributed by atoms with Gasteiger partial charge in [-0.1, -0.05) is 12.1 Å². The molecule has 164 valence electrons. The first-order valence-electron chi connectivity index (χ1n) is 11.3. The van der Waals surface area contributed by atoms with Crippen molar-refractivity contribution in [2.24, 2.45) is 0 Å². The number of hydrogen-bond donors (Lipinski definition) is 0. The van der Waals surface area contributed by atoms with Gasteiger partial charge in [-0.2, -0.15) is 0 Å². The van der Waals surface area contributed by atoms with Crippen LogP contribution in [0.4, 0.5) is 0 Å². The highest BCUT2D eigenvalue weighted by atomic mass is 15.3. The minimum Gasteiger partial charge on any atom is -0.298 e. The third-order valence-corrected chi connectivity index (χ3v) is 6.68. The molecule has 1 saturated heterocycles. The molecule has 5 rings (SSSR count). The molecule has 6 heteroatoms. The van der Waals surface area contributed by atoms with Gasteiger partial charge in [0, 0.05) is 55.4 Å². The molecular formula is C26H30N6.